The summed E-state index contributed by atoms with van der Waals surface area (Å²) in [6.45, 7) is 17.7. The largest absolute Gasteiger partial charge is 0.355 e. The van der Waals surface area contributed by atoms with Crippen molar-refractivity contribution in [3.05, 3.63) is 0 Å². The van der Waals surface area contributed by atoms with Crippen molar-refractivity contribution in [1.82, 2.24) is 32.1 Å². The molecule has 10 heteroatoms. The Kier molecular flexibility index (Phi) is 52.5. The average Bonchev–Trinajstić information content (AvgIpc) is 3.00. The van der Waals surface area contributed by atoms with Crippen LogP contribution in [0.2, 0.25) is 0 Å². The Hall–Kier alpha value is -1.62. The minimum Gasteiger partial charge on any atom is -0.355 e. The normalized spacial score (nSPS) is 11.7. The van der Waals surface area contributed by atoms with E-state index in [0.717, 1.165) is 38.5 Å². The molecule has 0 aromatic heterocycles. The maximum Gasteiger partial charge on any atom is 0.237 e. The van der Waals surface area contributed by atoms with Crippen LogP contribution in [0.15, 0.2) is 0 Å². The van der Waals surface area contributed by atoms with E-state index >= 15 is 0 Å². The first-order valence-corrected chi connectivity index (χ1v) is 15.4. The minimum atomic E-state index is -0.552. The molecule has 0 aromatic carbocycles. The van der Waals surface area contributed by atoms with Crippen LogP contribution < -0.4 is 32.1 Å². The highest BCUT2D eigenvalue weighted by Crippen LogP contribution is 2.04. The molecule has 0 saturated heterocycles. The van der Waals surface area contributed by atoms with E-state index < -0.39 is 12.1 Å². The van der Waals surface area contributed by atoms with Crippen LogP contribution in [0, 0.1) is 0 Å². The van der Waals surface area contributed by atoms with Gasteiger partial charge in [-0.2, -0.15) is 5.54 Å². The van der Waals surface area contributed by atoms with E-state index in [-0.39, 0.29) is 24.4 Å². The number of halogens is 1. The molecule has 0 radical (unpaired) electrons. The van der Waals surface area contributed by atoms with E-state index in [1.165, 1.54) is 0 Å². The third-order valence-corrected chi connectivity index (χ3v) is 5.25. The maximum absolute atomic E-state index is 12.3. The molecule has 0 fully saturated rings. The number of likely N-dealkylation sites (N-methyl/N-ethyl adjacent to an activating group) is 2. The van der Waals surface area contributed by atoms with Gasteiger partial charge in [0.15, 0.2) is 0 Å². The number of aldehydes is 1. The Balaban J connectivity index is -0.000000437. The summed E-state index contributed by atoms with van der Waals surface area (Å²) in [5.74, 6) is -0.233. The van der Waals surface area contributed by atoms with Crippen molar-refractivity contribution in [2.75, 3.05) is 40.8 Å². The predicted molar refractivity (Wildman–Crippen MR) is 167 cm³/mol. The van der Waals surface area contributed by atoms with E-state index in [4.69, 9.17) is 0 Å². The molecule has 2 amide bonds. The third-order valence-electron chi connectivity index (χ3n) is 5.25. The zero-order valence-corrected chi connectivity index (χ0v) is 27.4. The molecule has 0 aliphatic carbocycles. The molecule has 3 unspecified atom stereocenters. The van der Waals surface area contributed by atoms with Crippen molar-refractivity contribution >= 4 is 18.1 Å². The fourth-order valence-electron chi connectivity index (χ4n) is 3.29. The predicted octanol–water partition coefficient (Wildman–Crippen LogP) is 4.27. The van der Waals surface area contributed by atoms with Gasteiger partial charge >= 0.3 is 0 Å². The summed E-state index contributed by atoms with van der Waals surface area (Å²) in [6.07, 6.45) is 7.41. The van der Waals surface area contributed by atoms with Crippen LogP contribution in [-0.2, 0) is 14.4 Å². The van der Waals surface area contributed by atoms with Crippen LogP contribution >= 0.6 is 0 Å². The molecule has 0 aliphatic heterocycles. The van der Waals surface area contributed by atoms with Crippen LogP contribution in [0.1, 0.15) is 113 Å². The molecule has 0 rings (SSSR count). The van der Waals surface area contributed by atoms with Crippen LogP contribution in [-0.4, -0.2) is 77.0 Å². The SMILES string of the molecule is CC.CC.CC.CC.CNCCCCC(NC)C(=O)NCCCCC(C=O)NC(=O)C(CCCCNF)NC. The van der Waals surface area contributed by atoms with Crippen molar-refractivity contribution in [3.8, 4) is 0 Å². The lowest BCUT2D eigenvalue weighted by Gasteiger charge is -2.19. The van der Waals surface area contributed by atoms with Gasteiger partial charge in [-0.1, -0.05) is 68.2 Å². The Morgan fingerprint density at radius 1 is 0.641 bits per heavy atom. The van der Waals surface area contributed by atoms with Crippen LogP contribution in [0.4, 0.5) is 4.48 Å². The van der Waals surface area contributed by atoms with Crippen LogP contribution in [0.3, 0.4) is 0 Å². The lowest BCUT2D eigenvalue weighted by molar-refractivity contribution is -0.126. The number of rotatable bonds is 21. The van der Waals surface area contributed by atoms with Gasteiger partial charge in [0.1, 0.15) is 6.29 Å². The van der Waals surface area contributed by atoms with Gasteiger partial charge in [0, 0.05) is 13.1 Å². The molecule has 0 saturated carbocycles. The zero-order valence-electron chi connectivity index (χ0n) is 27.4. The molecule has 0 aliphatic rings. The Morgan fingerprint density at radius 2 is 1.08 bits per heavy atom. The van der Waals surface area contributed by atoms with Gasteiger partial charge in [-0.15, -0.1) is 4.48 Å². The number of unbranched alkanes of at least 4 members (excludes halogenated alkanes) is 3. The molecule has 0 heterocycles. The van der Waals surface area contributed by atoms with E-state index in [1.807, 2.05) is 62.4 Å². The second kappa shape index (κ2) is 43.4. The van der Waals surface area contributed by atoms with Gasteiger partial charge in [0.25, 0.3) is 0 Å². The number of carbonyl (C=O) groups is 3. The summed E-state index contributed by atoms with van der Waals surface area (Å²) in [6, 6.07) is -1.16. The quantitative estimate of drug-likeness (QED) is 0.0697. The second-order valence-corrected chi connectivity index (χ2v) is 7.70. The minimum absolute atomic E-state index is 0.00739. The molecule has 238 valence electrons. The van der Waals surface area contributed by atoms with Gasteiger partial charge < -0.3 is 31.4 Å². The highest BCUT2D eigenvalue weighted by molar-refractivity contribution is 5.84. The number of hydrogen-bond acceptors (Lipinski definition) is 7. The van der Waals surface area contributed by atoms with Crippen molar-refractivity contribution < 1.29 is 18.9 Å². The topological polar surface area (TPSA) is 123 Å². The maximum atomic E-state index is 12.3. The van der Waals surface area contributed by atoms with Crippen LogP contribution in [0.5, 0.6) is 0 Å². The second-order valence-electron chi connectivity index (χ2n) is 7.70. The highest BCUT2D eigenvalue weighted by atomic mass is 19.2. The van der Waals surface area contributed by atoms with E-state index in [1.54, 1.807) is 19.6 Å². The van der Waals surface area contributed by atoms with Gasteiger partial charge in [-0.05, 0) is 72.6 Å². The van der Waals surface area contributed by atoms with Crippen molar-refractivity contribution in [3.63, 3.8) is 0 Å². The van der Waals surface area contributed by atoms with Gasteiger partial charge in [0.05, 0.1) is 18.1 Å². The Labute approximate surface area is 241 Å². The van der Waals surface area contributed by atoms with E-state index in [0.29, 0.717) is 38.6 Å². The first-order valence-electron chi connectivity index (χ1n) is 15.4. The summed E-state index contributed by atoms with van der Waals surface area (Å²) >= 11 is 0. The average molecular weight is 567 g/mol. The molecular formula is C29H67FN6O3. The van der Waals surface area contributed by atoms with Crippen molar-refractivity contribution in [2.24, 2.45) is 0 Å². The molecule has 6 N–H and O–H groups in total. The molecular weight excluding hydrogens is 499 g/mol. The van der Waals surface area contributed by atoms with E-state index in [9.17, 15) is 18.9 Å². The highest BCUT2D eigenvalue weighted by Gasteiger charge is 2.19. The monoisotopic (exact) mass is 567 g/mol. The van der Waals surface area contributed by atoms with Gasteiger partial charge in [-0.25, -0.2) is 0 Å². The molecule has 39 heavy (non-hydrogen) atoms. The van der Waals surface area contributed by atoms with Crippen molar-refractivity contribution in [1.29, 1.82) is 0 Å². The molecule has 9 nitrogen and oxygen atoms in total. The molecule has 0 bridgehead atoms. The summed E-state index contributed by atoms with van der Waals surface area (Å²) < 4.78 is 11.9. The van der Waals surface area contributed by atoms with Gasteiger partial charge in [0.2, 0.25) is 11.8 Å². The lowest BCUT2D eigenvalue weighted by atomic mass is 10.1. The zero-order chi connectivity index (χ0) is 31.3. The summed E-state index contributed by atoms with van der Waals surface area (Å²) in [4.78, 5) is 35.9. The fourth-order valence-corrected chi connectivity index (χ4v) is 3.29. The first kappa shape index (κ1) is 47.2. The molecule has 3 atom stereocenters. The van der Waals surface area contributed by atoms with Crippen molar-refractivity contribution in [2.45, 2.75) is 131 Å². The summed E-state index contributed by atoms with van der Waals surface area (Å²) in [7, 11) is 5.39. The number of hydrogen-bond donors (Lipinski definition) is 6. The van der Waals surface area contributed by atoms with E-state index in [2.05, 4.69) is 26.6 Å². The summed E-state index contributed by atoms with van der Waals surface area (Å²) in [5, 5.41) is 14.8. The summed E-state index contributed by atoms with van der Waals surface area (Å²) in [5.41, 5.74) is 1.59. The standard InChI is InChI=1S/C21H43FN6O3.4C2H6/c1-23-13-7-5-11-18(24-2)20(30)26-14-8-4-10-17(16-29)28-21(31)19(25-3)12-6-9-15-27-22;4*1-2/h16-19,23-25,27H,4-15H2,1-3H3,(H,26,30)(H,28,31);4*1-2H3. The third kappa shape index (κ3) is 32.5. The smallest absolute Gasteiger partial charge is 0.237 e. The van der Waals surface area contributed by atoms with Crippen LogP contribution in [0.25, 0.3) is 0 Å². The number of carbonyl (C=O) groups excluding carboxylic acids is 3. The molecule has 0 aromatic rings. The lowest BCUT2D eigenvalue weighted by Crippen LogP contribution is -2.47. The van der Waals surface area contributed by atoms with Gasteiger partial charge in [-0.3, -0.25) is 9.59 Å². The molecule has 0 spiro atoms. The number of nitrogens with one attached hydrogen (secondary N) is 6. The number of amides is 2. The fraction of sp³-hybridized carbons (Fsp3) is 0.897. The first-order chi connectivity index (χ1) is 19.0. The Bertz CT molecular complexity index is 488. The Morgan fingerprint density at radius 3 is 1.51 bits per heavy atom.